The van der Waals surface area contributed by atoms with Gasteiger partial charge in [-0.05, 0) is 19.0 Å². The summed E-state index contributed by atoms with van der Waals surface area (Å²) in [6.07, 6.45) is 5.84. The maximum Gasteiger partial charge on any atom is 0.377 e. The fourth-order valence-corrected chi connectivity index (χ4v) is 3.89. The first-order chi connectivity index (χ1) is 14.0. The summed E-state index contributed by atoms with van der Waals surface area (Å²) in [5, 5.41) is 10.2. The van der Waals surface area contributed by atoms with Crippen molar-refractivity contribution in [3.8, 4) is 0 Å². The Kier molecular flexibility index (Phi) is 5.53. The smallest absolute Gasteiger partial charge is 0.377 e. The Morgan fingerprint density at radius 2 is 2.07 bits per heavy atom. The summed E-state index contributed by atoms with van der Waals surface area (Å²) >= 11 is 0. The molecule has 1 fully saturated rings. The van der Waals surface area contributed by atoms with Crippen LogP contribution in [0.15, 0.2) is 30.5 Å². The van der Waals surface area contributed by atoms with Gasteiger partial charge >= 0.3 is 7.05 Å². The summed E-state index contributed by atoms with van der Waals surface area (Å²) in [5.41, 5.74) is 2.88. The lowest BCUT2D eigenvalue weighted by atomic mass is 9.82. The zero-order valence-corrected chi connectivity index (χ0v) is 17.1. The molecule has 2 aliphatic heterocycles. The van der Waals surface area contributed by atoms with Crippen LogP contribution in [0.3, 0.4) is 0 Å². The van der Waals surface area contributed by atoms with Gasteiger partial charge in [-0.1, -0.05) is 12.2 Å². The van der Waals surface area contributed by atoms with Crippen LogP contribution in [0.25, 0.3) is 11.0 Å². The van der Waals surface area contributed by atoms with Crippen molar-refractivity contribution in [2.24, 2.45) is 0 Å². The number of nitrogens with zero attached hydrogens (tertiary/aromatic N) is 5. The first-order valence-electron chi connectivity index (χ1n) is 9.91. The number of anilines is 1. The number of benzene rings is 1. The van der Waals surface area contributed by atoms with Gasteiger partial charge in [0.05, 0.1) is 30.4 Å². The third kappa shape index (κ3) is 3.85. The highest BCUT2D eigenvalue weighted by molar-refractivity contribution is 6.45. The van der Waals surface area contributed by atoms with Gasteiger partial charge in [0.2, 0.25) is 0 Å². The van der Waals surface area contributed by atoms with Crippen LogP contribution in [-0.4, -0.2) is 84.6 Å². The van der Waals surface area contributed by atoms with E-state index in [0.717, 1.165) is 30.0 Å². The Balaban J connectivity index is 1.85. The molecule has 0 radical (unpaired) electrons. The molecule has 1 unspecified atom stereocenters. The van der Waals surface area contributed by atoms with E-state index in [2.05, 4.69) is 16.0 Å². The molecule has 2 aliphatic rings. The second kappa shape index (κ2) is 8.10. The van der Waals surface area contributed by atoms with Gasteiger partial charge in [0, 0.05) is 50.9 Å². The fourth-order valence-electron chi connectivity index (χ4n) is 3.89. The molecule has 9 heteroatoms. The number of morpholine rings is 1. The first kappa shape index (κ1) is 19.8. The lowest BCUT2D eigenvalue weighted by Crippen LogP contribution is -2.37. The highest BCUT2D eigenvalue weighted by atomic mass is 16.5. The SMILES string of the molecule is CB(O)N1CC=CC1c1cc(C(=O)N(C)C)cc2ncc(N3CCOCC3)nc12. The predicted octanol–water partition coefficient (Wildman–Crippen LogP) is 1.19. The molecule has 0 bridgehead atoms. The minimum atomic E-state index is -0.617. The molecule has 1 N–H and O–H groups in total. The van der Waals surface area contributed by atoms with Crippen molar-refractivity contribution < 1.29 is 14.6 Å². The van der Waals surface area contributed by atoms with Crippen LogP contribution in [0.5, 0.6) is 0 Å². The molecule has 0 saturated carbocycles. The second-order valence-electron chi connectivity index (χ2n) is 7.66. The molecule has 1 atom stereocenters. The van der Waals surface area contributed by atoms with E-state index in [1.165, 1.54) is 0 Å². The molecule has 2 aromatic rings. The Morgan fingerprint density at radius 3 is 2.76 bits per heavy atom. The van der Waals surface area contributed by atoms with Gasteiger partial charge in [-0.3, -0.25) is 9.78 Å². The number of carbonyl (C=O) groups is 1. The number of hydrogen-bond acceptors (Lipinski definition) is 7. The number of rotatable bonds is 4. The van der Waals surface area contributed by atoms with Crippen LogP contribution in [0.4, 0.5) is 5.82 Å². The van der Waals surface area contributed by atoms with E-state index >= 15 is 0 Å². The maximum absolute atomic E-state index is 12.7. The van der Waals surface area contributed by atoms with Crippen molar-refractivity contribution in [1.29, 1.82) is 0 Å². The molecule has 8 nitrogen and oxygen atoms in total. The van der Waals surface area contributed by atoms with Gasteiger partial charge < -0.3 is 24.4 Å². The van der Waals surface area contributed by atoms with Crippen molar-refractivity contribution in [3.05, 3.63) is 41.6 Å². The third-order valence-corrected chi connectivity index (χ3v) is 5.44. The zero-order valence-electron chi connectivity index (χ0n) is 17.1. The molecular weight excluding hydrogens is 369 g/mol. The molecule has 29 heavy (non-hydrogen) atoms. The zero-order chi connectivity index (χ0) is 20.5. The Morgan fingerprint density at radius 1 is 1.31 bits per heavy atom. The van der Waals surface area contributed by atoms with Gasteiger partial charge in [-0.15, -0.1) is 0 Å². The van der Waals surface area contributed by atoms with Crippen molar-refractivity contribution in [2.45, 2.75) is 12.9 Å². The largest absolute Gasteiger partial charge is 0.437 e. The van der Waals surface area contributed by atoms with Crippen LogP contribution < -0.4 is 4.90 Å². The van der Waals surface area contributed by atoms with Crippen LogP contribution in [0.2, 0.25) is 6.82 Å². The van der Waals surface area contributed by atoms with Crippen LogP contribution >= 0.6 is 0 Å². The molecule has 0 spiro atoms. The standard InChI is InChI=1S/C20H26BN5O3/c1-21(28)26-6-4-5-17(26)15-11-14(20(27)24(2)3)12-16-19(15)23-18(13-22-16)25-7-9-29-10-8-25/h4-5,11-13,17,28H,6-10H2,1-3H3. The normalized spacial score (nSPS) is 19.7. The monoisotopic (exact) mass is 395 g/mol. The van der Waals surface area contributed by atoms with Crippen molar-refractivity contribution in [3.63, 3.8) is 0 Å². The molecular formula is C20H26BN5O3. The number of carbonyl (C=O) groups excluding carboxylic acids is 1. The number of aromatic nitrogens is 2. The molecule has 3 heterocycles. The first-order valence-corrected chi connectivity index (χ1v) is 9.91. The van der Waals surface area contributed by atoms with Crippen LogP contribution in [0, 0.1) is 0 Å². The lowest BCUT2D eigenvalue weighted by Gasteiger charge is -2.29. The number of fused-ring (bicyclic) bond motifs is 1. The minimum absolute atomic E-state index is 0.0854. The summed E-state index contributed by atoms with van der Waals surface area (Å²) in [6.45, 7) is 5.29. The Labute approximate surface area is 170 Å². The van der Waals surface area contributed by atoms with E-state index in [1.54, 1.807) is 38.1 Å². The topological polar surface area (TPSA) is 82.0 Å². The summed E-state index contributed by atoms with van der Waals surface area (Å²) in [4.78, 5) is 27.9. The fraction of sp³-hybridized carbons (Fsp3) is 0.450. The highest BCUT2D eigenvalue weighted by Gasteiger charge is 2.30. The van der Waals surface area contributed by atoms with E-state index in [-0.39, 0.29) is 11.9 Å². The summed E-state index contributed by atoms with van der Waals surface area (Å²) in [6, 6.07) is 3.52. The van der Waals surface area contributed by atoms with E-state index in [9.17, 15) is 9.82 Å². The number of ether oxygens (including phenoxy) is 1. The quantitative estimate of drug-likeness (QED) is 0.615. The van der Waals surface area contributed by atoms with Gasteiger partial charge in [0.25, 0.3) is 5.91 Å². The van der Waals surface area contributed by atoms with Gasteiger partial charge in [-0.2, -0.15) is 0 Å². The summed E-state index contributed by atoms with van der Waals surface area (Å²) in [5.74, 6) is 0.720. The lowest BCUT2D eigenvalue weighted by molar-refractivity contribution is 0.0827. The van der Waals surface area contributed by atoms with Gasteiger partial charge in [0.1, 0.15) is 5.82 Å². The number of hydrogen-bond donors (Lipinski definition) is 1. The average Bonchev–Trinajstić information content (AvgIpc) is 3.22. The Bertz CT molecular complexity index is 943. The van der Waals surface area contributed by atoms with E-state index in [0.29, 0.717) is 30.8 Å². The summed E-state index contributed by atoms with van der Waals surface area (Å²) in [7, 11) is 2.85. The molecule has 152 valence electrons. The molecule has 0 aliphatic carbocycles. The van der Waals surface area contributed by atoms with E-state index in [1.807, 2.05) is 17.0 Å². The summed E-state index contributed by atoms with van der Waals surface area (Å²) < 4.78 is 5.44. The average molecular weight is 395 g/mol. The maximum atomic E-state index is 12.7. The minimum Gasteiger partial charge on any atom is -0.437 e. The van der Waals surface area contributed by atoms with E-state index in [4.69, 9.17) is 9.72 Å². The van der Waals surface area contributed by atoms with Crippen LogP contribution in [-0.2, 0) is 4.74 Å². The second-order valence-corrected chi connectivity index (χ2v) is 7.66. The Hall–Kier alpha value is -2.49. The van der Waals surface area contributed by atoms with Gasteiger partial charge in [0.15, 0.2) is 0 Å². The molecule has 1 aromatic carbocycles. The molecule has 1 saturated heterocycles. The van der Waals surface area contributed by atoms with Crippen molar-refractivity contribution in [1.82, 2.24) is 19.7 Å². The molecule has 4 rings (SSSR count). The molecule has 1 amide bonds. The van der Waals surface area contributed by atoms with Crippen LogP contribution in [0.1, 0.15) is 22.0 Å². The van der Waals surface area contributed by atoms with Gasteiger partial charge in [-0.25, -0.2) is 4.98 Å². The van der Waals surface area contributed by atoms with Crippen molar-refractivity contribution in [2.75, 3.05) is 51.8 Å². The molecule has 1 aromatic heterocycles. The third-order valence-electron chi connectivity index (χ3n) is 5.44. The highest BCUT2D eigenvalue weighted by Crippen LogP contribution is 2.33. The van der Waals surface area contributed by atoms with E-state index < -0.39 is 7.05 Å². The predicted molar refractivity (Wildman–Crippen MR) is 113 cm³/mol. The van der Waals surface area contributed by atoms with Crippen molar-refractivity contribution >= 4 is 29.8 Å². The number of amides is 1.